The first-order valence-corrected chi connectivity index (χ1v) is 7.46. The van der Waals surface area contributed by atoms with Crippen LogP contribution in [0.4, 0.5) is 0 Å². The maximum absolute atomic E-state index is 11.7. The van der Waals surface area contributed by atoms with Gasteiger partial charge in [0.15, 0.2) is 6.20 Å². The number of nitrogens with zero attached hydrogens (tertiary/aromatic N) is 1. The van der Waals surface area contributed by atoms with E-state index in [9.17, 15) is 5.21 Å². The lowest BCUT2D eigenvalue weighted by Crippen LogP contribution is -2.27. The van der Waals surface area contributed by atoms with Gasteiger partial charge in [0.05, 0.1) is 0 Å². The summed E-state index contributed by atoms with van der Waals surface area (Å²) in [4.78, 5) is 0. The van der Waals surface area contributed by atoms with E-state index in [1.807, 2.05) is 18.2 Å². The topological polar surface area (TPSA) is 26.9 Å². The van der Waals surface area contributed by atoms with Gasteiger partial charge in [-0.2, -0.15) is 4.73 Å². The molecule has 0 bridgehead atoms. The highest BCUT2D eigenvalue weighted by molar-refractivity contribution is 7.99. The normalized spacial score (nSPS) is 12.4. The summed E-state index contributed by atoms with van der Waals surface area (Å²) in [5.74, 6) is 0. The van der Waals surface area contributed by atoms with Crippen LogP contribution in [0.3, 0.4) is 0 Å². The summed E-state index contributed by atoms with van der Waals surface area (Å²) in [5, 5.41) is 15.2. The number of aromatic nitrogens is 1. The summed E-state index contributed by atoms with van der Waals surface area (Å²) in [5.41, 5.74) is 1.26. The number of benzene rings is 2. The lowest BCUT2D eigenvalue weighted by Gasteiger charge is -2.13. The van der Waals surface area contributed by atoms with Crippen molar-refractivity contribution in [1.29, 1.82) is 0 Å². The van der Waals surface area contributed by atoms with Crippen molar-refractivity contribution >= 4 is 22.5 Å². The van der Waals surface area contributed by atoms with Gasteiger partial charge in [0.1, 0.15) is 0 Å². The van der Waals surface area contributed by atoms with Crippen LogP contribution in [0.25, 0.3) is 10.8 Å². The number of hydrogen-bond acceptors (Lipinski definition) is 2. The Morgan fingerprint density at radius 2 is 1.70 bits per heavy atom. The standard InChI is InChI=1S/C17H15NOS/c1-13(20-17-11-4-5-12-18(17)19)15-10-6-8-14-7-2-3-9-16(14)15/h2-13H,1H3/t13-/m0/s1. The third-order valence-corrected chi connectivity index (χ3v) is 4.51. The zero-order valence-corrected chi connectivity index (χ0v) is 12.0. The zero-order valence-electron chi connectivity index (χ0n) is 11.2. The molecule has 3 aromatic rings. The highest BCUT2D eigenvalue weighted by atomic mass is 32.2. The van der Waals surface area contributed by atoms with Crippen LogP contribution in [0.1, 0.15) is 17.7 Å². The van der Waals surface area contributed by atoms with E-state index in [1.54, 1.807) is 17.8 Å². The van der Waals surface area contributed by atoms with Gasteiger partial charge < -0.3 is 5.21 Å². The highest BCUT2D eigenvalue weighted by Crippen LogP contribution is 2.36. The van der Waals surface area contributed by atoms with Crippen molar-refractivity contribution in [3.63, 3.8) is 0 Å². The van der Waals surface area contributed by atoms with E-state index >= 15 is 0 Å². The van der Waals surface area contributed by atoms with Gasteiger partial charge in [-0.15, -0.1) is 0 Å². The molecule has 0 unspecified atom stereocenters. The number of rotatable bonds is 3. The summed E-state index contributed by atoms with van der Waals surface area (Å²) in [6.07, 6.45) is 1.54. The van der Waals surface area contributed by atoms with Crippen LogP contribution in [-0.4, -0.2) is 0 Å². The van der Waals surface area contributed by atoms with Gasteiger partial charge in [0.25, 0.3) is 5.03 Å². The molecule has 0 radical (unpaired) electrons. The van der Waals surface area contributed by atoms with Gasteiger partial charge in [-0.1, -0.05) is 42.5 Å². The molecular formula is C17H15NOS. The fraction of sp³-hybridized carbons (Fsp3) is 0.118. The smallest absolute Gasteiger partial charge is 0.251 e. The summed E-state index contributed by atoms with van der Waals surface area (Å²) >= 11 is 1.59. The molecular weight excluding hydrogens is 266 g/mol. The van der Waals surface area contributed by atoms with E-state index in [-0.39, 0.29) is 5.25 Å². The predicted octanol–water partition coefficient (Wildman–Crippen LogP) is 4.33. The second-order valence-corrected chi connectivity index (χ2v) is 6.05. The largest absolute Gasteiger partial charge is 0.618 e. The second kappa shape index (κ2) is 5.55. The quantitative estimate of drug-likeness (QED) is 0.406. The van der Waals surface area contributed by atoms with Gasteiger partial charge in [-0.3, -0.25) is 0 Å². The maximum Gasteiger partial charge on any atom is 0.251 e. The van der Waals surface area contributed by atoms with E-state index < -0.39 is 0 Å². The average molecular weight is 281 g/mol. The van der Waals surface area contributed by atoms with Gasteiger partial charge in [0.2, 0.25) is 0 Å². The molecule has 0 saturated carbocycles. The monoisotopic (exact) mass is 281 g/mol. The van der Waals surface area contributed by atoms with E-state index in [1.165, 1.54) is 22.5 Å². The minimum atomic E-state index is 0.226. The van der Waals surface area contributed by atoms with E-state index in [0.29, 0.717) is 0 Å². The van der Waals surface area contributed by atoms with Crippen LogP contribution in [0, 0.1) is 5.21 Å². The van der Waals surface area contributed by atoms with Gasteiger partial charge in [0, 0.05) is 17.4 Å². The molecule has 0 aliphatic heterocycles. The van der Waals surface area contributed by atoms with Crippen LogP contribution >= 0.6 is 11.8 Å². The molecule has 0 N–H and O–H groups in total. The van der Waals surface area contributed by atoms with Gasteiger partial charge >= 0.3 is 0 Å². The Morgan fingerprint density at radius 1 is 0.950 bits per heavy atom. The fourth-order valence-corrected chi connectivity index (χ4v) is 3.37. The summed E-state index contributed by atoms with van der Waals surface area (Å²) in [6, 6.07) is 20.2. The Balaban J connectivity index is 1.97. The molecule has 0 saturated heterocycles. The van der Waals surface area contributed by atoms with Gasteiger partial charge in [-0.25, -0.2) is 0 Å². The first-order chi connectivity index (χ1) is 9.75. The van der Waals surface area contributed by atoms with Gasteiger partial charge in [-0.05, 0) is 41.1 Å². The molecule has 100 valence electrons. The SMILES string of the molecule is C[C@H](Sc1cccc[n+]1[O-])c1cccc2ccccc12. The van der Waals surface area contributed by atoms with Crippen molar-refractivity contribution in [2.45, 2.75) is 17.2 Å². The predicted molar refractivity (Wildman–Crippen MR) is 83.6 cm³/mol. The molecule has 0 amide bonds. The molecule has 0 spiro atoms. The number of thioether (sulfide) groups is 1. The lowest BCUT2D eigenvalue weighted by molar-refractivity contribution is -0.645. The van der Waals surface area contributed by atoms with Crippen LogP contribution in [0.15, 0.2) is 71.9 Å². The van der Waals surface area contributed by atoms with Crippen molar-refractivity contribution in [2.24, 2.45) is 0 Å². The molecule has 0 fully saturated rings. The van der Waals surface area contributed by atoms with Crippen LogP contribution in [0.2, 0.25) is 0 Å². The number of fused-ring (bicyclic) bond motifs is 1. The number of pyridine rings is 1. The Kier molecular flexibility index (Phi) is 3.61. The zero-order chi connectivity index (χ0) is 13.9. The van der Waals surface area contributed by atoms with Crippen molar-refractivity contribution in [3.05, 3.63) is 77.6 Å². The summed E-state index contributed by atoms with van der Waals surface area (Å²) in [7, 11) is 0. The first-order valence-electron chi connectivity index (χ1n) is 6.58. The molecule has 1 atom stereocenters. The second-order valence-electron chi connectivity index (χ2n) is 4.69. The van der Waals surface area contributed by atoms with Crippen LogP contribution < -0.4 is 4.73 Å². The van der Waals surface area contributed by atoms with Crippen molar-refractivity contribution in [1.82, 2.24) is 0 Å². The molecule has 20 heavy (non-hydrogen) atoms. The molecule has 1 aromatic heterocycles. The van der Waals surface area contributed by atoms with Crippen LogP contribution in [0.5, 0.6) is 0 Å². The molecule has 2 aromatic carbocycles. The maximum atomic E-state index is 11.7. The Morgan fingerprint density at radius 3 is 2.55 bits per heavy atom. The Hall–Kier alpha value is -2.00. The van der Waals surface area contributed by atoms with E-state index in [2.05, 4.69) is 43.3 Å². The summed E-state index contributed by atoms with van der Waals surface area (Å²) in [6.45, 7) is 2.14. The van der Waals surface area contributed by atoms with Crippen molar-refractivity contribution in [2.75, 3.05) is 0 Å². The van der Waals surface area contributed by atoms with E-state index in [4.69, 9.17) is 0 Å². The minimum absolute atomic E-state index is 0.226. The molecule has 1 heterocycles. The first kappa shape index (κ1) is 13.0. The van der Waals surface area contributed by atoms with Crippen molar-refractivity contribution < 1.29 is 4.73 Å². The third kappa shape index (κ3) is 2.49. The van der Waals surface area contributed by atoms with Crippen LogP contribution in [-0.2, 0) is 0 Å². The third-order valence-electron chi connectivity index (χ3n) is 3.35. The average Bonchev–Trinajstić information content (AvgIpc) is 2.49. The summed E-state index contributed by atoms with van der Waals surface area (Å²) < 4.78 is 0.923. The Labute approximate surface area is 122 Å². The van der Waals surface area contributed by atoms with Crippen molar-refractivity contribution in [3.8, 4) is 0 Å². The Bertz CT molecular complexity index is 736. The molecule has 0 aliphatic carbocycles. The fourth-order valence-electron chi connectivity index (χ4n) is 2.35. The highest BCUT2D eigenvalue weighted by Gasteiger charge is 2.15. The molecule has 0 aliphatic rings. The molecule has 3 rings (SSSR count). The number of hydrogen-bond donors (Lipinski definition) is 0. The minimum Gasteiger partial charge on any atom is -0.618 e. The molecule has 3 heteroatoms. The van der Waals surface area contributed by atoms with E-state index in [0.717, 1.165) is 9.76 Å². The molecule has 2 nitrogen and oxygen atoms in total. The lowest BCUT2D eigenvalue weighted by atomic mass is 10.0.